The fourth-order valence-corrected chi connectivity index (χ4v) is 2.24. The first-order valence-electron chi connectivity index (χ1n) is 6.20. The van der Waals surface area contributed by atoms with Gasteiger partial charge in [0.15, 0.2) is 0 Å². The molecule has 0 radical (unpaired) electrons. The largest absolute Gasteiger partial charge is 0.302 e. The molecule has 1 saturated heterocycles. The molecule has 1 unspecified atom stereocenters. The minimum absolute atomic E-state index is 0.176. The SMILES string of the molecule is Cc1cccc(C)c1CNC1CCC(=O)NC1=O. The molecule has 2 amide bonds. The van der Waals surface area contributed by atoms with Gasteiger partial charge in [-0.25, -0.2) is 0 Å². The van der Waals surface area contributed by atoms with Crippen molar-refractivity contribution in [2.75, 3.05) is 0 Å². The van der Waals surface area contributed by atoms with Crippen LogP contribution in [0.4, 0.5) is 0 Å². The van der Waals surface area contributed by atoms with Crippen LogP contribution < -0.4 is 10.6 Å². The Hall–Kier alpha value is -1.68. The average molecular weight is 246 g/mol. The van der Waals surface area contributed by atoms with Crippen LogP contribution in [0.1, 0.15) is 29.5 Å². The summed E-state index contributed by atoms with van der Waals surface area (Å²) in [6.45, 7) is 4.79. The third-order valence-corrected chi connectivity index (χ3v) is 3.41. The fourth-order valence-electron chi connectivity index (χ4n) is 2.24. The second kappa shape index (κ2) is 5.31. The molecule has 0 saturated carbocycles. The quantitative estimate of drug-likeness (QED) is 0.788. The number of benzene rings is 1. The fraction of sp³-hybridized carbons (Fsp3) is 0.429. The summed E-state index contributed by atoms with van der Waals surface area (Å²) in [5.74, 6) is -0.386. The van der Waals surface area contributed by atoms with Crippen LogP contribution in [0, 0.1) is 13.8 Å². The van der Waals surface area contributed by atoms with E-state index in [0.29, 0.717) is 19.4 Å². The van der Waals surface area contributed by atoms with Crippen molar-refractivity contribution in [1.29, 1.82) is 0 Å². The highest BCUT2D eigenvalue weighted by Gasteiger charge is 2.25. The molecule has 2 N–H and O–H groups in total. The van der Waals surface area contributed by atoms with Gasteiger partial charge in [0.1, 0.15) is 0 Å². The van der Waals surface area contributed by atoms with E-state index in [1.54, 1.807) is 0 Å². The van der Waals surface area contributed by atoms with Gasteiger partial charge in [0.05, 0.1) is 6.04 Å². The highest BCUT2D eigenvalue weighted by molar-refractivity contribution is 6.00. The van der Waals surface area contributed by atoms with Crippen molar-refractivity contribution in [3.8, 4) is 0 Å². The van der Waals surface area contributed by atoms with Crippen LogP contribution in [-0.4, -0.2) is 17.9 Å². The van der Waals surface area contributed by atoms with Gasteiger partial charge in [-0.2, -0.15) is 0 Å². The molecule has 4 heteroatoms. The summed E-state index contributed by atoms with van der Waals surface area (Å²) in [4.78, 5) is 22.6. The number of hydrogen-bond donors (Lipinski definition) is 2. The second-order valence-corrected chi connectivity index (χ2v) is 4.75. The number of amides is 2. The van der Waals surface area contributed by atoms with Crippen molar-refractivity contribution in [1.82, 2.24) is 10.6 Å². The van der Waals surface area contributed by atoms with E-state index in [1.807, 2.05) is 6.07 Å². The molecule has 0 aliphatic carbocycles. The third-order valence-electron chi connectivity index (χ3n) is 3.41. The lowest BCUT2D eigenvalue weighted by atomic mass is 10.0. The van der Waals surface area contributed by atoms with Gasteiger partial charge in [-0.3, -0.25) is 14.9 Å². The van der Waals surface area contributed by atoms with Gasteiger partial charge in [-0.1, -0.05) is 18.2 Å². The molecule has 1 atom stereocenters. The Balaban J connectivity index is 1.99. The van der Waals surface area contributed by atoms with Crippen LogP contribution >= 0.6 is 0 Å². The van der Waals surface area contributed by atoms with Gasteiger partial charge in [-0.05, 0) is 37.0 Å². The van der Waals surface area contributed by atoms with Crippen LogP contribution in [0.15, 0.2) is 18.2 Å². The van der Waals surface area contributed by atoms with Gasteiger partial charge in [-0.15, -0.1) is 0 Å². The molecule has 0 spiro atoms. The van der Waals surface area contributed by atoms with Gasteiger partial charge in [0.2, 0.25) is 11.8 Å². The molecule has 4 nitrogen and oxygen atoms in total. The maximum Gasteiger partial charge on any atom is 0.243 e. The lowest BCUT2D eigenvalue weighted by Crippen LogP contribution is -2.50. The molecule has 1 fully saturated rings. The smallest absolute Gasteiger partial charge is 0.243 e. The molecule has 0 bridgehead atoms. The molecule has 18 heavy (non-hydrogen) atoms. The molecule has 2 rings (SSSR count). The van der Waals surface area contributed by atoms with Crippen LogP contribution in [0.25, 0.3) is 0 Å². The lowest BCUT2D eigenvalue weighted by molar-refractivity contribution is -0.134. The zero-order chi connectivity index (χ0) is 13.1. The van der Waals surface area contributed by atoms with Crippen LogP contribution in [0.2, 0.25) is 0 Å². The summed E-state index contributed by atoms with van der Waals surface area (Å²) in [6, 6.07) is 5.89. The molecule has 1 aromatic carbocycles. The number of piperidine rings is 1. The Morgan fingerprint density at radius 2 is 1.94 bits per heavy atom. The Labute approximate surface area is 107 Å². The predicted octanol–water partition coefficient (Wildman–Crippen LogP) is 1.20. The van der Waals surface area contributed by atoms with Gasteiger partial charge in [0, 0.05) is 13.0 Å². The topological polar surface area (TPSA) is 58.2 Å². The lowest BCUT2D eigenvalue weighted by Gasteiger charge is -2.22. The molecule has 1 aliphatic rings. The van der Waals surface area contributed by atoms with E-state index in [9.17, 15) is 9.59 Å². The molecular weight excluding hydrogens is 228 g/mol. The van der Waals surface area contributed by atoms with E-state index in [1.165, 1.54) is 16.7 Å². The number of aryl methyl sites for hydroxylation is 2. The van der Waals surface area contributed by atoms with Gasteiger partial charge >= 0.3 is 0 Å². The van der Waals surface area contributed by atoms with E-state index in [-0.39, 0.29) is 17.9 Å². The van der Waals surface area contributed by atoms with Crippen molar-refractivity contribution < 1.29 is 9.59 Å². The van der Waals surface area contributed by atoms with E-state index in [4.69, 9.17) is 0 Å². The van der Waals surface area contributed by atoms with E-state index < -0.39 is 0 Å². The number of nitrogens with one attached hydrogen (secondary N) is 2. The maximum atomic E-state index is 11.6. The van der Waals surface area contributed by atoms with Crippen LogP contribution in [0.3, 0.4) is 0 Å². The van der Waals surface area contributed by atoms with Crippen molar-refractivity contribution >= 4 is 11.8 Å². The van der Waals surface area contributed by atoms with E-state index >= 15 is 0 Å². The Bertz CT molecular complexity index is 462. The highest BCUT2D eigenvalue weighted by atomic mass is 16.2. The number of rotatable bonds is 3. The first-order valence-corrected chi connectivity index (χ1v) is 6.20. The normalized spacial score (nSPS) is 19.8. The zero-order valence-electron chi connectivity index (χ0n) is 10.7. The van der Waals surface area contributed by atoms with Crippen molar-refractivity contribution in [3.05, 3.63) is 34.9 Å². The van der Waals surface area contributed by atoms with Crippen molar-refractivity contribution in [2.24, 2.45) is 0 Å². The number of carbonyl (C=O) groups excluding carboxylic acids is 2. The zero-order valence-corrected chi connectivity index (χ0v) is 10.7. The summed E-state index contributed by atoms with van der Waals surface area (Å²) < 4.78 is 0. The second-order valence-electron chi connectivity index (χ2n) is 4.75. The summed E-state index contributed by atoms with van der Waals surface area (Å²) in [6.07, 6.45) is 0.992. The van der Waals surface area contributed by atoms with Crippen molar-refractivity contribution in [3.63, 3.8) is 0 Å². The molecule has 1 aliphatic heterocycles. The minimum atomic E-state index is -0.262. The molecule has 96 valence electrons. The molecule has 1 heterocycles. The highest BCUT2D eigenvalue weighted by Crippen LogP contribution is 2.14. The number of hydrogen-bond acceptors (Lipinski definition) is 3. The van der Waals surface area contributed by atoms with Gasteiger partial charge < -0.3 is 5.32 Å². The number of imide groups is 1. The summed E-state index contributed by atoms with van der Waals surface area (Å²) in [7, 11) is 0. The average Bonchev–Trinajstić information content (AvgIpc) is 2.31. The third kappa shape index (κ3) is 2.76. The first-order chi connectivity index (χ1) is 8.58. The first kappa shape index (κ1) is 12.8. The monoisotopic (exact) mass is 246 g/mol. The summed E-state index contributed by atoms with van der Waals surface area (Å²) >= 11 is 0. The Morgan fingerprint density at radius 3 is 2.56 bits per heavy atom. The molecule has 0 aromatic heterocycles. The van der Waals surface area contributed by atoms with Crippen molar-refractivity contribution in [2.45, 2.75) is 39.3 Å². The predicted molar refractivity (Wildman–Crippen MR) is 68.9 cm³/mol. The van der Waals surface area contributed by atoms with Gasteiger partial charge in [0.25, 0.3) is 0 Å². The summed E-state index contributed by atoms with van der Waals surface area (Å²) in [5.41, 5.74) is 3.66. The Kier molecular flexibility index (Phi) is 3.77. The molecule has 1 aromatic rings. The standard InChI is InChI=1S/C14H18N2O2/c1-9-4-3-5-10(2)11(9)8-15-12-6-7-13(17)16-14(12)18/h3-5,12,15H,6-8H2,1-2H3,(H,16,17,18). The molecular formula is C14H18N2O2. The summed E-state index contributed by atoms with van der Waals surface area (Å²) in [5, 5.41) is 5.58. The van der Waals surface area contributed by atoms with E-state index in [0.717, 1.165) is 0 Å². The number of carbonyl (C=O) groups is 2. The Morgan fingerprint density at radius 1 is 1.28 bits per heavy atom. The van der Waals surface area contributed by atoms with Crippen LogP contribution in [0.5, 0.6) is 0 Å². The minimum Gasteiger partial charge on any atom is -0.302 e. The van der Waals surface area contributed by atoms with Crippen LogP contribution in [-0.2, 0) is 16.1 Å². The van der Waals surface area contributed by atoms with E-state index in [2.05, 4.69) is 36.6 Å². The maximum absolute atomic E-state index is 11.6.